The summed E-state index contributed by atoms with van der Waals surface area (Å²) in [6.45, 7) is 5.34. The molecule has 2 atom stereocenters. The minimum absolute atomic E-state index is 0.454. The number of rotatable bonds is 5. The van der Waals surface area contributed by atoms with E-state index < -0.39 is 0 Å². The van der Waals surface area contributed by atoms with E-state index in [-0.39, 0.29) is 0 Å². The van der Waals surface area contributed by atoms with Crippen LogP contribution in [0.4, 0.5) is 5.69 Å². The molecular formula is C16H25NO. The first-order valence-electron chi connectivity index (χ1n) is 7.29. The number of benzene rings is 1. The van der Waals surface area contributed by atoms with E-state index in [2.05, 4.69) is 43.4 Å². The lowest BCUT2D eigenvalue weighted by atomic mass is 9.99. The molecule has 1 fully saturated rings. The van der Waals surface area contributed by atoms with Crippen LogP contribution in [0.5, 0.6) is 0 Å². The fourth-order valence-corrected chi connectivity index (χ4v) is 2.72. The van der Waals surface area contributed by atoms with Gasteiger partial charge in [-0.2, -0.15) is 0 Å². The summed E-state index contributed by atoms with van der Waals surface area (Å²) in [4.78, 5) is 0. The Morgan fingerprint density at radius 3 is 2.89 bits per heavy atom. The third kappa shape index (κ3) is 3.49. The van der Waals surface area contributed by atoms with E-state index in [1.54, 1.807) is 0 Å². The Kier molecular flexibility index (Phi) is 5.06. The second-order valence-corrected chi connectivity index (χ2v) is 5.16. The molecule has 0 spiro atoms. The molecule has 1 heterocycles. The molecule has 1 aromatic rings. The minimum Gasteiger partial charge on any atom is -0.382 e. The largest absolute Gasteiger partial charge is 0.382 e. The van der Waals surface area contributed by atoms with Gasteiger partial charge < -0.3 is 10.1 Å². The van der Waals surface area contributed by atoms with Crippen LogP contribution in [-0.2, 0) is 11.2 Å². The molecule has 0 aromatic heterocycles. The summed E-state index contributed by atoms with van der Waals surface area (Å²) in [5.41, 5.74) is 2.72. The van der Waals surface area contributed by atoms with Crippen molar-refractivity contribution in [2.24, 2.45) is 0 Å². The molecule has 0 aliphatic carbocycles. The second-order valence-electron chi connectivity index (χ2n) is 5.16. The van der Waals surface area contributed by atoms with Gasteiger partial charge in [-0.25, -0.2) is 0 Å². The third-order valence-electron chi connectivity index (χ3n) is 3.74. The van der Waals surface area contributed by atoms with Crippen molar-refractivity contribution in [1.82, 2.24) is 0 Å². The predicted octanol–water partition coefficient (Wildman–Crippen LogP) is 4.01. The average molecular weight is 247 g/mol. The van der Waals surface area contributed by atoms with Crippen LogP contribution >= 0.6 is 0 Å². The van der Waals surface area contributed by atoms with E-state index in [4.69, 9.17) is 4.74 Å². The van der Waals surface area contributed by atoms with Crippen LogP contribution in [0.1, 0.15) is 45.1 Å². The SMILES string of the molecule is CCCC1CC(Nc2ccccc2CC)CCO1. The standard InChI is InChI=1S/C16H25NO/c1-3-7-15-12-14(10-11-18-15)17-16-9-6-5-8-13(16)4-2/h5-6,8-9,14-15,17H,3-4,7,10-12H2,1-2H3. The Morgan fingerprint density at radius 2 is 2.11 bits per heavy atom. The normalized spacial score (nSPS) is 23.9. The molecule has 1 N–H and O–H groups in total. The maximum atomic E-state index is 5.80. The summed E-state index contributed by atoms with van der Waals surface area (Å²) in [7, 11) is 0. The van der Waals surface area contributed by atoms with E-state index >= 15 is 0 Å². The molecule has 18 heavy (non-hydrogen) atoms. The zero-order chi connectivity index (χ0) is 12.8. The molecular weight excluding hydrogens is 222 g/mol. The Labute approximate surface area is 111 Å². The van der Waals surface area contributed by atoms with E-state index in [1.165, 1.54) is 24.1 Å². The molecule has 2 heteroatoms. The second kappa shape index (κ2) is 6.79. The average Bonchev–Trinajstić information content (AvgIpc) is 2.40. The maximum Gasteiger partial charge on any atom is 0.0594 e. The van der Waals surface area contributed by atoms with Gasteiger partial charge in [0, 0.05) is 18.3 Å². The first-order chi connectivity index (χ1) is 8.83. The molecule has 2 unspecified atom stereocenters. The maximum absolute atomic E-state index is 5.80. The van der Waals surface area contributed by atoms with Gasteiger partial charge in [-0.3, -0.25) is 0 Å². The van der Waals surface area contributed by atoms with Crippen molar-refractivity contribution in [1.29, 1.82) is 0 Å². The third-order valence-corrected chi connectivity index (χ3v) is 3.74. The van der Waals surface area contributed by atoms with Crippen molar-refractivity contribution < 1.29 is 4.74 Å². The van der Waals surface area contributed by atoms with E-state index in [1.807, 2.05) is 0 Å². The zero-order valence-electron chi connectivity index (χ0n) is 11.6. The summed E-state index contributed by atoms with van der Waals surface area (Å²) in [6.07, 6.45) is 6.21. The molecule has 1 saturated heterocycles. The van der Waals surface area contributed by atoms with Gasteiger partial charge in [-0.15, -0.1) is 0 Å². The number of ether oxygens (including phenoxy) is 1. The molecule has 0 radical (unpaired) electrons. The number of aryl methyl sites for hydroxylation is 1. The number of hydrogen-bond donors (Lipinski definition) is 1. The molecule has 1 aliphatic heterocycles. The van der Waals surface area contributed by atoms with Crippen molar-refractivity contribution in [3.8, 4) is 0 Å². The van der Waals surface area contributed by atoms with Gasteiger partial charge in [0.1, 0.15) is 0 Å². The quantitative estimate of drug-likeness (QED) is 0.849. The van der Waals surface area contributed by atoms with Crippen molar-refractivity contribution in [2.45, 2.75) is 58.1 Å². The van der Waals surface area contributed by atoms with Gasteiger partial charge in [0.05, 0.1) is 6.10 Å². The van der Waals surface area contributed by atoms with Crippen LogP contribution in [0.2, 0.25) is 0 Å². The fraction of sp³-hybridized carbons (Fsp3) is 0.625. The lowest BCUT2D eigenvalue weighted by Crippen LogP contribution is -2.34. The van der Waals surface area contributed by atoms with Crippen molar-refractivity contribution in [3.63, 3.8) is 0 Å². The van der Waals surface area contributed by atoms with Crippen LogP contribution in [0.3, 0.4) is 0 Å². The van der Waals surface area contributed by atoms with Crippen LogP contribution in [-0.4, -0.2) is 18.8 Å². The Balaban J connectivity index is 1.96. The molecule has 1 aliphatic rings. The van der Waals surface area contributed by atoms with Gasteiger partial charge in [-0.1, -0.05) is 38.5 Å². The Morgan fingerprint density at radius 1 is 1.28 bits per heavy atom. The lowest BCUT2D eigenvalue weighted by Gasteiger charge is -2.31. The summed E-state index contributed by atoms with van der Waals surface area (Å²) in [5, 5.41) is 3.71. The highest BCUT2D eigenvalue weighted by atomic mass is 16.5. The molecule has 100 valence electrons. The van der Waals surface area contributed by atoms with E-state index in [0.29, 0.717) is 12.1 Å². The van der Waals surface area contributed by atoms with Gasteiger partial charge in [-0.05, 0) is 37.3 Å². The minimum atomic E-state index is 0.454. The van der Waals surface area contributed by atoms with E-state index in [9.17, 15) is 0 Å². The molecule has 0 bridgehead atoms. The number of para-hydroxylation sites is 1. The molecule has 2 rings (SSSR count). The highest BCUT2D eigenvalue weighted by molar-refractivity contribution is 5.51. The molecule has 0 saturated carbocycles. The van der Waals surface area contributed by atoms with Gasteiger partial charge in [0.15, 0.2) is 0 Å². The van der Waals surface area contributed by atoms with Gasteiger partial charge in [0.2, 0.25) is 0 Å². The fourth-order valence-electron chi connectivity index (χ4n) is 2.72. The predicted molar refractivity (Wildman–Crippen MR) is 77.1 cm³/mol. The Hall–Kier alpha value is -1.02. The van der Waals surface area contributed by atoms with Gasteiger partial charge >= 0.3 is 0 Å². The Bertz CT molecular complexity index is 362. The van der Waals surface area contributed by atoms with E-state index in [0.717, 1.165) is 25.9 Å². The monoisotopic (exact) mass is 247 g/mol. The summed E-state index contributed by atoms with van der Waals surface area (Å²) >= 11 is 0. The van der Waals surface area contributed by atoms with Crippen LogP contribution in [0, 0.1) is 0 Å². The summed E-state index contributed by atoms with van der Waals surface area (Å²) < 4.78 is 5.80. The lowest BCUT2D eigenvalue weighted by molar-refractivity contribution is 0.00597. The first-order valence-corrected chi connectivity index (χ1v) is 7.29. The van der Waals surface area contributed by atoms with Crippen LogP contribution in [0.15, 0.2) is 24.3 Å². The van der Waals surface area contributed by atoms with Crippen LogP contribution in [0.25, 0.3) is 0 Å². The summed E-state index contributed by atoms with van der Waals surface area (Å²) in [5.74, 6) is 0. The highest BCUT2D eigenvalue weighted by Crippen LogP contribution is 2.23. The van der Waals surface area contributed by atoms with Crippen molar-refractivity contribution in [3.05, 3.63) is 29.8 Å². The van der Waals surface area contributed by atoms with Crippen LogP contribution < -0.4 is 5.32 Å². The molecule has 2 nitrogen and oxygen atoms in total. The highest BCUT2D eigenvalue weighted by Gasteiger charge is 2.22. The van der Waals surface area contributed by atoms with Gasteiger partial charge in [0.25, 0.3) is 0 Å². The number of anilines is 1. The smallest absolute Gasteiger partial charge is 0.0594 e. The first kappa shape index (κ1) is 13.4. The number of hydrogen-bond acceptors (Lipinski definition) is 2. The molecule has 0 amide bonds. The number of nitrogens with one attached hydrogen (secondary N) is 1. The molecule has 1 aromatic carbocycles. The summed E-state index contributed by atoms with van der Waals surface area (Å²) in [6, 6.07) is 9.22. The van der Waals surface area contributed by atoms with Crippen molar-refractivity contribution in [2.75, 3.05) is 11.9 Å². The topological polar surface area (TPSA) is 21.3 Å². The van der Waals surface area contributed by atoms with Crippen molar-refractivity contribution >= 4 is 5.69 Å². The zero-order valence-corrected chi connectivity index (χ0v) is 11.6.